The lowest BCUT2D eigenvalue weighted by molar-refractivity contribution is -0.0470. The molecule has 20 heavy (non-hydrogen) atoms. The van der Waals surface area contributed by atoms with Crippen LogP contribution in [0.25, 0.3) is 11.2 Å². The SMILES string of the molecule is C[C@H](CO)[C@@H](O)[C@@H](O)[C@@H](C)n1cnc2c(Cl)ncnc21. The lowest BCUT2D eigenvalue weighted by atomic mass is 9.96. The minimum atomic E-state index is -1.07. The fourth-order valence-corrected chi connectivity index (χ4v) is 2.19. The van der Waals surface area contributed by atoms with E-state index in [0.29, 0.717) is 11.2 Å². The van der Waals surface area contributed by atoms with Crippen molar-refractivity contribution in [1.29, 1.82) is 0 Å². The van der Waals surface area contributed by atoms with E-state index < -0.39 is 24.2 Å². The van der Waals surface area contributed by atoms with Crippen molar-refractivity contribution in [3.8, 4) is 0 Å². The summed E-state index contributed by atoms with van der Waals surface area (Å²) in [6, 6.07) is -0.477. The Balaban J connectivity index is 2.32. The molecule has 110 valence electrons. The second kappa shape index (κ2) is 6.01. The average Bonchev–Trinajstić information content (AvgIpc) is 2.89. The fraction of sp³-hybridized carbons (Fsp3) is 0.583. The minimum Gasteiger partial charge on any atom is -0.396 e. The molecule has 0 radical (unpaired) electrons. The summed E-state index contributed by atoms with van der Waals surface area (Å²) >= 11 is 5.92. The van der Waals surface area contributed by atoms with E-state index in [4.69, 9.17) is 16.7 Å². The number of nitrogens with zero attached hydrogens (tertiary/aromatic N) is 4. The summed E-state index contributed by atoms with van der Waals surface area (Å²) < 4.78 is 1.63. The van der Waals surface area contributed by atoms with E-state index in [0.717, 1.165) is 0 Å². The van der Waals surface area contributed by atoms with E-state index in [1.54, 1.807) is 18.4 Å². The van der Waals surface area contributed by atoms with Gasteiger partial charge in [-0.15, -0.1) is 0 Å². The lowest BCUT2D eigenvalue weighted by Crippen LogP contribution is -2.39. The highest BCUT2D eigenvalue weighted by molar-refractivity contribution is 6.33. The molecule has 2 aromatic heterocycles. The van der Waals surface area contributed by atoms with Gasteiger partial charge in [0.1, 0.15) is 17.9 Å². The molecular weight excluding hydrogens is 284 g/mol. The summed E-state index contributed by atoms with van der Waals surface area (Å²) in [6.45, 7) is 3.18. The smallest absolute Gasteiger partial charge is 0.165 e. The largest absolute Gasteiger partial charge is 0.396 e. The molecule has 0 aliphatic heterocycles. The summed E-state index contributed by atoms with van der Waals surface area (Å²) in [5.74, 6) is -0.430. The molecule has 2 heterocycles. The van der Waals surface area contributed by atoms with E-state index in [9.17, 15) is 10.2 Å². The zero-order valence-corrected chi connectivity index (χ0v) is 11.9. The van der Waals surface area contributed by atoms with Gasteiger partial charge in [-0.25, -0.2) is 15.0 Å². The topological polar surface area (TPSA) is 104 Å². The molecule has 0 saturated heterocycles. The van der Waals surface area contributed by atoms with E-state index >= 15 is 0 Å². The third-order valence-electron chi connectivity index (χ3n) is 3.47. The Labute approximate surface area is 120 Å². The van der Waals surface area contributed by atoms with Crippen LogP contribution in [0, 0.1) is 5.92 Å². The van der Waals surface area contributed by atoms with Gasteiger partial charge in [0.25, 0.3) is 0 Å². The van der Waals surface area contributed by atoms with Crippen molar-refractivity contribution in [2.24, 2.45) is 5.92 Å². The number of aliphatic hydroxyl groups excluding tert-OH is 3. The number of fused-ring (bicyclic) bond motifs is 1. The summed E-state index contributed by atoms with van der Waals surface area (Å²) in [5.41, 5.74) is 0.929. The molecule has 0 bridgehead atoms. The van der Waals surface area contributed by atoms with Crippen molar-refractivity contribution in [3.63, 3.8) is 0 Å². The second-order valence-electron chi connectivity index (χ2n) is 4.87. The first-order valence-corrected chi connectivity index (χ1v) is 6.65. The third kappa shape index (κ3) is 2.62. The Morgan fingerprint density at radius 1 is 1.20 bits per heavy atom. The Morgan fingerprint density at radius 3 is 2.55 bits per heavy atom. The van der Waals surface area contributed by atoms with E-state index in [1.807, 2.05) is 0 Å². The van der Waals surface area contributed by atoms with Gasteiger partial charge in [0.15, 0.2) is 10.8 Å². The van der Waals surface area contributed by atoms with E-state index in [2.05, 4.69) is 15.0 Å². The molecule has 0 saturated carbocycles. The zero-order chi connectivity index (χ0) is 14.9. The quantitative estimate of drug-likeness (QED) is 0.690. The van der Waals surface area contributed by atoms with Crippen molar-refractivity contribution < 1.29 is 15.3 Å². The second-order valence-corrected chi connectivity index (χ2v) is 5.23. The molecule has 4 atom stereocenters. The van der Waals surface area contributed by atoms with Crippen LogP contribution in [0.5, 0.6) is 0 Å². The third-order valence-corrected chi connectivity index (χ3v) is 3.74. The maximum Gasteiger partial charge on any atom is 0.165 e. The molecule has 0 unspecified atom stereocenters. The Bertz CT molecular complexity index is 591. The highest BCUT2D eigenvalue weighted by atomic mass is 35.5. The average molecular weight is 301 g/mol. The van der Waals surface area contributed by atoms with Gasteiger partial charge < -0.3 is 19.9 Å². The first-order valence-electron chi connectivity index (χ1n) is 6.27. The van der Waals surface area contributed by atoms with Gasteiger partial charge in [0, 0.05) is 12.5 Å². The Kier molecular flexibility index (Phi) is 4.54. The molecule has 3 N–H and O–H groups in total. The van der Waals surface area contributed by atoms with Crippen molar-refractivity contribution in [1.82, 2.24) is 19.5 Å². The summed E-state index contributed by atoms with van der Waals surface area (Å²) in [4.78, 5) is 12.0. The van der Waals surface area contributed by atoms with Gasteiger partial charge in [-0.05, 0) is 6.92 Å². The van der Waals surface area contributed by atoms with Crippen LogP contribution < -0.4 is 0 Å². The maximum absolute atomic E-state index is 10.2. The fourth-order valence-electron chi connectivity index (χ4n) is 2.02. The van der Waals surface area contributed by atoms with Crippen molar-refractivity contribution in [2.75, 3.05) is 6.61 Å². The molecular formula is C12H17ClN4O3. The Hall–Kier alpha value is -1.28. The first-order chi connectivity index (χ1) is 9.47. The standard InChI is InChI=1S/C12H17ClN4O3/c1-6(3-18)9(19)10(20)7(2)17-5-16-8-11(13)14-4-15-12(8)17/h4-7,9-10,18-20H,3H2,1-2H3/t6-,7-,9-,10+/m1/s1. The molecule has 0 aromatic carbocycles. The number of hydrogen-bond donors (Lipinski definition) is 3. The maximum atomic E-state index is 10.2. The van der Waals surface area contributed by atoms with Crippen molar-refractivity contribution >= 4 is 22.8 Å². The minimum absolute atomic E-state index is 0.205. The molecule has 0 fully saturated rings. The lowest BCUT2D eigenvalue weighted by Gasteiger charge is -2.28. The van der Waals surface area contributed by atoms with Crippen LogP contribution in [0.1, 0.15) is 19.9 Å². The monoisotopic (exact) mass is 300 g/mol. The van der Waals surface area contributed by atoms with E-state index in [-0.39, 0.29) is 11.8 Å². The Morgan fingerprint density at radius 2 is 1.90 bits per heavy atom. The van der Waals surface area contributed by atoms with Gasteiger partial charge in [0.05, 0.1) is 18.5 Å². The number of aromatic nitrogens is 4. The summed E-state index contributed by atoms with van der Waals surface area (Å²) in [7, 11) is 0. The van der Waals surface area contributed by atoms with Gasteiger partial charge in [-0.2, -0.15) is 0 Å². The number of halogens is 1. The molecule has 0 aliphatic carbocycles. The normalized spacial score (nSPS) is 17.9. The van der Waals surface area contributed by atoms with Gasteiger partial charge >= 0.3 is 0 Å². The summed E-state index contributed by atoms with van der Waals surface area (Å²) in [6.07, 6.45) is 0.692. The molecule has 0 amide bonds. The predicted molar refractivity (Wildman–Crippen MR) is 73.3 cm³/mol. The van der Waals surface area contributed by atoms with Crippen LogP contribution in [0.3, 0.4) is 0 Å². The highest BCUT2D eigenvalue weighted by Crippen LogP contribution is 2.24. The van der Waals surface area contributed by atoms with Crippen LogP contribution in [0.2, 0.25) is 5.15 Å². The van der Waals surface area contributed by atoms with Crippen LogP contribution in [0.15, 0.2) is 12.7 Å². The molecule has 7 nitrogen and oxygen atoms in total. The molecule has 2 aromatic rings. The van der Waals surface area contributed by atoms with E-state index in [1.165, 1.54) is 12.7 Å². The van der Waals surface area contributed by atoms with Gasteiger partial charge in [-0.1, -0.05) is 18.5 Å². The molecule has 2 rings (SSSR count). The van der Waals surface area contributed by atoms with Crippen LogP contribution in [-0.2, 0) is 0 Å². The molecule has 0 spiro atoms. The number of hydrogen-bond acceptors (Lipinski definition) is 6. The molecule has 8 heteroatoms. The van der Waals surface area contributed by atoms with Gasteiger partial charge in [-0.3, -0.25) is 0 Å². The predicted octanol–water partition coefficient (Wildman–Crippen LogP) is 0.391. The number of rotatable bonds is 5. The van der Waals surface area contributed by atoms with Gasteiger partial charge in [0.2, 0.25) is 0 Å². The van der Waals surface area contributed by atoms with Crippen molar-refractivity contribution in [3.05, 3.63) is 17.8 Å². The van der Waals surface area contributed by atoms with Crippen LogP contribution >= 0.6 is 11.6 Å². The van der Waals surface area contributed by atoms with Crippen LogP contribution in [0.4, 0.5) is 0 Å². The number of aliphatic hydroxyl groups is 3. The highest BCUT2D eigenvalue weighted by Gasteiger charge is 2.29. The number of imidazole rings is 1. The summed E-state index contributed by atoms with van der Waals surface area (Å²) in [5, 5.41) is 29.5. The van der Waals surface area contributed by atoms with Crippen LogP contribution in [-0.4, -0.2) is 53.7 Å². The first kappa shape index (κ1) is 15.1. The van der Waals surface area contributed by atoms with Crippen molar-refractivity contribution in [2.45, 2.75) is 32.1 Å². The zero-order valence-electron chi connectivity index (χ0n) is 11.2. The molecule has 0 aliphatic rings.